The smallest absolute Gasteiger partial charge is 0.222 e. The Morgan fingerprint density at radius 2 is 2.17 bits per heavy atom. The molecule has 134 valence electrons. The minimum absolute atomic E-state index is 0.129. The highest BCUT2D eigenvalue weighted by Gasteiger charge is 2.26. The van der Waals surface area contributed by atoms with E-state index in [1.165, 1.54) is 0 Å². The monoisotopic (exact) mass is 373 g/mol. The predicted molar refractivity (Wildman–Crippen MR) is 96.8 cm³/mol. The summed E-state index contributed by atoms with van der Waals surface area (Å²) in [6.45, 7) is 0.652. The van der Waals surface area contributed by atoms with Gasteiger partial charge in [0.05, 0.1) is 11.6 Å². The first-order chi connectivity index (χ1) is 11.5. The minimum atomic E-state index is 0.129. The number of carbonyl (C=O) groups excluding carboxylic acids is 1. The van der Waals surface area contributed by atoms with E-state index in [0.29, 0.717) is 41.2 Å². The zero-order chi connectivity index (χ0) is 17.5. The second-order valence-corrected chi connectivity index (χ2v) is 7.24. The molecule has 24 heavy (non-hydrogen) atoms. The molecule has 2 rings (SSSR count). The third-order valence-corrected chi connectivity index (χ3v) is 5.17. The number of rotatable bonds is 7. The third-order valence-electron chi connectivity index (χ3n) is 4.64. The number of aliphatic hydroxyl groups excluding tert-OH is 1. The van der Waals surface area contributed by atoms with Gasteiger partial charge in [-0.3, -0.25) is 4.79 Å². The topological polar surface area (TPSA) is 49.8 Å². The van der Waals surface area contributed by atoms with Gasteiger partial charge in [-0.05, 0) is 49.8 Å². The Hall–Kier alpha value is -0.970. The lowest BCUT2D eigenvalue weighted by atomic mass is 9.85. The van der Waals surface area contributed by atoms with Crippen LogP contribution in [0, 0.1) is 5.92 Å². The lowest BCUT2D eigenvalue weighted by Crippen LogP contribution is -2.40. The van der Waals surface area contributed by atoms with E-state index in [1.807, 2.05) is 11.9 Å². The van der Waals surface area contributed by atoms with Crippen molar-refractivity contribution in [2.24, 2.45) is 5.92 Å². The molecular weight excluding hydrogens is 349 g/mol. The predicted octanol–water partition coefficient (Wildman–Crippen LogP) is 4.16. The number of benzene rings is 1. The van der Waals surface area contributed by atoms with Gasteiger partial charge in [0.15, 0.2) is 0 Å². The first kappa shape index (κ1) is 19.4. The van der Waals surface area contributed by atoms with E-state index in [4.69, 9.17) is 27.9 Å². The summed E-state index contributed by atoms with van der Waals surface area (Å²) in [6, 6.07) is 5.34. The van der Waals surface area contributed by atoms with Crippen LogP contribution in [-0.4, -0.2) is 42.2 Å². The number of nitrogens with zero attached hydrogens (tertiary/aromatic N) is 1. The van der Waals surface area contributed by atoms with E-state index in [9.17, 15) is 9.90 Å². The Morgan fingerprint density at radius 3 is 2.88 bits per heavy atom. The molecule has 1 aliphatic rings. The number of halogens is 2. The molecule has 6 heteroatoms. The fourth-order valence-electron chi connectivity index (χ4n) is 3.16. The second kappa shape index (κ2) is 9.50. The van der Waals surface area contributed by atoms with E-state index in [1.54, 1.807) is 18.2 Å². The Bertz CT molecular complexity index is 553. The van der Waals surface area contributed by atoms with Crippen LogP contribution < -0.4 is 4.74 Å². The number of hydrogen-bond donors (Lipinski definition) is 1. The van der Waals surface area contributed by atoms with Gasteiger partial charge in [-0.1, -0.05) is 29.6 Å². The SMILES string of the molecule is CN(C(=O)CCCOc1ccc(Cl)cc1Cl)C1CCCC(CO)C1. The standard InChI is InChI=1S/C18H25Cl2NO3/c1-21(15-5-2-4-13(10-15)12-22)18(23)6-3-9-24-17-8-7-14(19)11-16(17)20/h7-8,11,13,15,22H,2-6,9-10,12H2,1H3. The Labute approximate surface area is 153 Å². The van der Waals surface area contributed by atoms with Crippen LogP contribution in [0.2, 0.25) is 10.0 Å². The van der Waals surface area contributed by atoms with Crippen molar-refractivity contribution in [2.45, 2.75) is 44.6 Å². The number of aliphatic hydroxyl groups is 1. The summed E-state index contributed by atoms with van der Waals surface area (Å²) in [5.74, 6) is 1.04. The maximum atomic E-state index is 12.3. The summed E-state index contributed by atoms with van der Waals surface area (Å²) >= 11 is 11.9. The van der Waals surface area contributed by atoms with Crippen LogP contribution in [-0.2, 0) is 4.79 Å². The average Bonchev–Trinajstić information content (AvgIpc) is 2.59. The molecular formula is C18H25Cl2NO3. The molecule has 2 atom stereocenters. The zero-order valence-electron chi connectivity index (χ0n) is 14.0. The molecule has 0 bridgehead atoms. The maximum Gasteiger partial charge on any atom is 0.222 e. The minimum Gasteiger partial charge on any atom is -0.492 e. The molecule has 1 aromatic carbocycles. The number of carbonyl (C=O) groups is 1. The Kier molecular flexibility index (Phi) is 7.66. The van der Waals surface area contributed by atoms with Crippen LogP contribution in [0.15, 0.2) is 18.2 Å². The van der Waals surface area contributed by atoms with Crippen LogP contribution >= 0.6 is 23.2 Å². The number of amides is 1. The van der Waals surface area contributed by atoms with Crippen molar-refractivity contribution < 1.29 is 14.6 Å². The summed E-state index contributed by atoms with van der Waals surface area (Å²) in [5.41, 5.74) is 0. The van der Waals surface area contributed by atoms with Gasteiger partial charge in [-0.2, -0.15) is 0 Å². The molecule has 1 fully saturated rings. The maximum absolute atomic E-state index is 12.3. The third kappa shape index (κ3) is 5.54. The van der Waals surface area contributed by atoms with Crippen LogP contribution in [0.4, 0.5) is 0 Å². The van der Waals surface area contributed by atoms with Gasteiger partial charge in [-0.15, -0.1) is 0 Å². The molecule has 0 saturated heterocycles. The van der Waals surface area contributed by atoms with Crippen LogP contribution in [0.5, 0.6) is 5.75 Å². The largest absolute Gasteiger partial charge is 0.492 e. The van der Waals surface area contributed by atoms with Crippen molar-refractivity contribution in [3.8, 4) is 5.75 Å². The highest BCUT2D eigenvalue weighted by molar-refractivity contribution is 6.35. The molecule has 1 saturated carbocycles. The zero-order valence-corrected chi connectivity index (χ0v) is 15.5. The van der Waals surface area contributed by atoms with Crippen LogP contribution in [0.25, 0.3) is 0 Å². The van der Waals surface area contributed by atoms with Gasteiger partial charge in [0, 0.05) is 31.1 Å². The molecule has 0 aliphatic heterocycles. The number of hydrogen-bond acceptors (Lipinski definition) is 3. The quantitative estimate of drug-likeness (QED) is 0.729. The van der Waals surface area contributed by atoms with Crippen molar-refractivity contribution in [1.82, 2.24) is 4.90 Å². The van der Waals surface area contributed by atoms with Gasteiger partial charge in [0.1, 0.15) is 5.75 Å². The molecule has 0 aromatic heterocycles. The van der Waals surface area contributed by atoms with Gasteiger partial charge in [0.25, 0.3) is 0 Å². The summed E-state index contributed by atoms with van der Waals surface area (Å²) < 4.78 is 5.61. The van der Waals surface area contributed by atoms with Crippen molar-refractivity contribution in [3.63, 3.8) is 0 Å². The van der Waals surface area contributed by atoms with E-state index in [0.717, 1.165) is 25.7 Å². The fourth-order valence-corrected chi connectivity index (χ4v) is 3.62. The van der Waals surface area contributed by atoms with E-state index < -0.39 is 0 Å². The van der Waals surface area contributed by atoms with Gasteiger partial charge < -0.3 is 14.7 Å². The Balaban J connectivity index is 1.72. The highest BCUT2D eigenvalue weighted by atomic mass is 35.5. The van der Waals surface area contributed by atoms with E-state index in [2.05, 4.69) is 0 Å². The first-order valence-electron chi connectivity index (χ1n) is 8.45. The normalized spacial score (nSPS) is 20.7. The van der Waals surface area contributed by atoms with Gasteiger partial charge >= 0.3 is 0 Å². The lowest BCUT2D eigenvalue weighted by molar-refractivity contribution is -0.133. The summed E-state index contributed by atoms with van der Waals surface area (Å²) in [4.78, 5) is 14.2. The van der Waals surface area contributed by atoms with E-state index in [-0.39, 0.29) is 18.6 Å². The molecule has 0 radical (unpaired) electrons. The second-order valence-electron chi connectivity index (χ2n) is 6.40. The molecule has 1 aliphatic carbocycles. The summed E-state index contributed by atoms with van der Waals surface area (Å²) in [5, 5.41) is 10.4. The summed E-state index contributed by atoms with van der Waals surface area (Å²) in [7, 11) is 1.86. The molecule has 1 aromatic rings. The van der Waals surface area contributed by atoms with Crippen molar-refractivity contribution in [2.75, 3.05) is 20.3 Å². The van der Waals surface area contributed by atoms with Crippen LogP contribution in [0.3, 0.4) is 0 Å². The highest BCUT2D eigenvalue weighted by Crippen LogP contribution is 2.28. The lowest BCUT2D eigenvalue weighted by Gasteiger charge is -2.34. The molecule has 1 amide bonds. The van der Waals surface area contributed by atoms with Gasteiger partial charge in [0.2, 0.25) is 5.91 Å². The van der Waals surface area contributed by atoms with Crippen molar-refractivity contribution in [1.29, 1.82) is 0 Å². The molecule has 0 heterocycles. The summed E-state index contributed by atoms with van der Waals surface area (Å²) in [6.07, 6.45) is 5.14. The first-order valence-corrected chi connectivity index (χ1v) is 9.21. The molecule has 4 nitrogen and oxygen atoms in total. The fraction of sp³-hybridized carbons (Fsp3) is 0.611. The number of ether oxygens (including phenoxy) is 1. The van der Waals surface area contributed by atoms with E-state index >= 15 is 0 Å². The van der Waals surface area contributed by atoms with Gasteiger partial charge in [-0.25, -0.2) is 0 Å². The molecule has 1 N–H and O–H groups in total. The molecule has 0 spiro atoms. The van der Waals surface area contributed by atoms with Crippen molar-refractivity contribution in [3.05, 3.63) is 28.2 Å². The van der Waals surface area contributed by atoms with Crippen molar-refractivity contribution >= 4 is 29.1 Å². The average molecular weight is 374 g/mol. The molecule has 2 unspecified atom stereocenters. The Morgan fingerprint density at radius 1 is 1.38 bits per heavy atom. The van der Waals surface area contributed by atoms with Crippen LogP contribution in [0.1, 0.15) is 38.5 Å².